The number of carbonyl (C=O) groups excluding carboxylic acids is 2. The zero-order chi connectivity index (χ0) is 15.2. The molecular formula is C15H13NO4S. The van der Waals surface area contributed by atoms with Gasteiger partial charge in [0, 0.05) is 0 Å². The number of hydrogen-bond donors (Lipinski definition) is 1. The lowest BCUT2D eigenvalue weighted by atomic mass is 10.2. The smallest absolute Gasteiger partial charge is 0.290 e. The molecule has 1 saturated heterocycles. The molecule has 0 aliphatic carbocycles. The summed E-state index contributed by atoms with van der Waals surface area (Å²) in [6.45, 7) is 2.47. The van der Waals surface area contributed by atoms with Gasteiger partial charge in [-0.25, -0.2) is 0 Å². The van der Waals surface area contributed by atoms with Gasteiger partial charge < -0.3 is 9.47 Å². The first-order valence-corrected chi connectivity index (χ1v) is 7.03. The highest BCUT2D eigenvalue weighted by Gasteiger charge is 2.25. The molecule has 1 heterocycles. The topological polar surface area (TPSA) is 64.6 Å². The fourth-order valence-corrected chi connectivity index (χ4v) is 2.38. The average Bonchev–Trinajstić information content (AvgIpc) is 2.76. The molecule has 1 aromatic rings. The highest BCUT2D eigenvalue weighted by Crippen LogP contribution is 2.31. The maximum Gasteiger partial charge on any atom is 0.290 e. The van der Waals surface area contributed by atoms with Crippen molar-refractivity contribution in [3.8, 4) is 23.8 Å². The van der Waals surface area contributed by atoms with Gasteiger partial charge >= 0.3 is 0 Å². The van der Waals surface area contributed by atoms with E-state index < -0.39 is 5.91 Å². The Morgan fingerprint density at radius 1 is 1.33 bits per heavy atom. The van der Waals surface area contributed by atoms with Gasteiger partial charge in [0.15, 0.2) is 11.5 Å². The fourth-order valence-electron chi connectivity index (χ4n) is 1.69. The second kappa shape index (κ2) is 6.86. The molecule has 0 aromatic heterocycles. The van der Waals surface area contributed by atoms with Crippen LogP contribution in [-0.2, 0) is 4.79 Å². The molecule has 21 heavy (non-hydrogen) atoms. The zero-order valence-corrected chi connectivity index (χ0v) is 12.2. The summed E-state index contributed by atoms with van der Waals surface area (Å²) in [5, 5.41) is 1.83. The van der Waals surface area contributed by atoms with Gasteiger partial charge in [-0.05, 0) is 42.5 Å². The third-order valence-corrected chi connectivity index (χ3v) is 3.33. The maximum absolute atomic E-state index is 11.5. The SMILES string of the molecule is C#CCOc1ccc(/C=C2\SC(=O)NC2=O)cc1OCC. The minimum absolute atomic E-state index is 0.146. The Kier molecular flexibility index (Phi) is 4.90. The van der Waals surface area contributed by atoms with Crippen LogP contribution >= 0.6 is 11.8 Å². The Hall–Kier alpha value is -2.39. The van der Waals surface area contributed by atoms with E-state index in [1.807, 2.05) is 6.92 Å². The Bertz CT molecular complexity index is 646. The molecule has 1 aromatic carbocycles. The second-order valence-corrected chi connectivity index (χ2v) is 5.00. The van der Waals surface area contributed by atoms with Crippen LogP contribution in [0.2, 0.25) is 0 Å². The van der Waals surface area contributed by atoms with Gasteiger partial charge in [-0.3, -0.25) is 14.9 Å². The highest BCUT2D eigenvalue weighted by molar-refractivity contribution is 8.18. The number of carbonyl (C=O) groups is 2. The van der Waals surface area contributed by atoms with Crippen molar-refractivity contribution in [2.75, 3.05) is 13.2 Å². The van der Waals surface area contributed by atoms with Crippen LogP contribution in [0.1, 0.15) is 12.5 Å². The van der Waals surface area contributed by atoms with Gasteiger partial charge in [0.25, 0.3) is 11.1 Å². The van der Waals surface area contributed by atoms with Crippen LogP contribution < -0.4 is 14.8 Å². The van der Waals surface area contributed by atoms with Gasteiger partial charge in [0.05, 0.1) is 11.5 Å². The van der Waals surface area contributed by atoms with Crippen LogP contribution in [0.25, 0.3) is 6.08 Å². The Labute approximate surface area is 126 Å². The summed E-state index contributed by atoms with van der Waals surface area (Å²) < 4.78 is 10.9. The monoisotopic (exact) mass is 303 g/mol. The van der Waals surface area contributed by atoms with Gasteiger partial charge in [-0.2, -0.15) is 0 Å². The van der Waals surface area contributed by atoms with Crippen molar-refractivity contribution >= 4 is 29.0 Å². The lowest BCUT2D eigenvalue weighted by molar-refractivity contribution is -0.115. The third kappa shape index (κ3) is 3.80. The minimum atomic E-state index is -0.393. The predicted molar refractivity (Wildman–Crippen MR) is 81.0 cm³/mol. The summed E-state index contributed by atoms with van der Waals surface area (Å²) in [6, 6.07) is 5.21. The molecule has 0 radical (unpaired) electrons. The summed E-state index contributed by atoms with van der Waals surface area (Å²) in [7, 11) is 0. The van der Waals surface area contributed by atoms with Crippen LogP contribution in [0, 0.1) is 12.3 Å². The van der Waals surface area contributed by atoms with Gasteiger partial charge in [0.2, 0.25) is 0 Å². The predicted octanol–water partition coefficient (Wildman–Crippen LogP) is 2.42. The van der Waals surface area contributed by atoms with Gasteiger partial charge in [0.1, 0.15) is 6.61 Å². The number of imide groups is 1. The van der Waals surface area contributed by atoms with Crippen LogP contribution in [0.5, 0.6) is 11.5 Å². The summed E-state index contributed by atoms with van der Waals surface area (Å²) >= 11 is 0.869. The van der Waals surface area contributed by atoms with Crippen LogP contribution in [0.3, 0.4) is 0 Å². The number of benzene rings is 1. The third-order valence-electron chi connectivity index (χ3n) is 2.52. The molecule has 2 rings (SSSR count). The molecule has 2 amide bonds. The van der Waals surface area contributed by atoms with Crippen molar-refractivity contribution < 1.29 is 19.1 Å². The molecule has 108 valence electrons. The fraction of sp³-hybridized carbons (Fsp3) is 0.200. The molecule has 0 atom stereocenters. The number of terminal acetylenes is 1. The summed E-state index contributed by atoms with van der Waals surface area (Å²) in [5.41, 5.74) is 0.735. The van der Waals surface area contributed by atoms with Crippen molar-refractivity contribution in [2.24, 2.45) is 0 Å². The number of nitrogens with one attached hydrogen (secondary N) is 1. The zero-order valence-electron chi connectivity index (χ0n) is 11.3. The molecule has 5 nitrogen and oxygen atoms in total. The number of amides is 2. The van der Waals surface area contributed by atoms with E-state index >= 15 is 0 Å². The van der Waals surface area contributed by atoms with Crippen molar-refractivity contribution in [1.29, 1.82) is 0 Å². The standard InChI is InChI=1S/C15H13NO4S/c1-3-7-20-11-6-5-10(8-12(11)19-4-2)9-13-14(17)16-15(18)21-13/h1,5-6,8-9H,4,7H2,2H3,(H,16,17,18)/b13-9-. The lowest BCUT2D eigenvalue weighted by Gasteiger charge is -2.11. The average molecular weight is 303 g/mol. The molecule has 1 aliphatic heterocycles. The first kappa shape index (κ1) is 15.0. The molecular weight excluding hydrogens is 290 g/mol. The number of thioether (sulfide) groups is 1. The molecule has 1 aliphatic rings. The summed E-state index contributed by atoms with van der Waals surface area (Å²) in [4.78, 5) is 23.0. The van der Waals surface area contributed by atoms with E-state index in [1.165, 1.54) is 0 Å². The van der Waals surface area contributed by atoms with Crippen molar-refractivity contribution in [3.63, 3.8) is 0 Å². The molecule has 0 saturated carbocycles. The van der Waals surface area contributed by atoms with Crippen LogP contribution in [0.15, 0.2) is 23.1 Å². The van der Waals surface area contributed by atoms with E-state index in [0.717, 1.165) is 17.3 Å². The van der Waals surface area contributed by atoms with E-state index in [0.29, 0.717) is 23.0 Å². The first-order valence-electron chi connectivity index (χ1n) is 6.22. The quantitative estimate of drug-likeness (QED) is 0.668. The Morgan fingerprint density at radius 3 is 2.76 bits per heavy atom. The lowest BCUT2D eigenvalue weighted by Crippen LogP contribution is -2.17. The molecule has 1 N–H and O–H groups in total. The normalized spacial score (nSPS) is 15.7. The van der Waals surface area contributed by atoms with Crippen molar-refractivity contribution in [3.05, 3.63) is 28.7 Å². The first-order chi connectivity index (χ1) is 10.1. The molecule has 0 spiro atoms. The highest BCUT2D eigenvalue weighted by atomic mass is 32.2. The molecule has 0 bridgehead atoms. The van der Waals surface area contributed by atoms with Gasteiger partial charge in [-0.1, -0.05) is 12.0 Å². The second-order valence-electron chi connectivity index (χ2n) is 3.98. The molecule has 0 unspecified atom stereocenters. The minimum Gasteiger partial charge on any atom is -0.490 e. The van der Waals surface area contributed by atoms with Crippen LogP contribution in [0.4, 0.5) is 4.79 Å². The van der Waals surface area contributed by atoms with Crippen molar-refractivity contribution in [2.45, 2.75) is 6.92 Å². The summed E-state index contributed by atoms with van der Waals surface area (Å²) in [5.74, 6) is 3.07. The maximum atomic E-state index is 11.5. The van der Waals surface area contributed by atoms with E-state index in [4.69, 9.17) is 15.9 Å². The summed E-state index contributed by atoms with van der Waals surface area (Å²) in [6.07, 6.45) is 6.79. The molecule has 1 fully saturated rings. The number of hydrogen-bond acceptors (Lipinski definition) is 5. The van der Waals surface area contributed by atoms with E-state index in [9.17, 15) is 9.59 Å². The van der Waals surface area contributed by atoms with Crippen LogP contribution in [-0.4, -0.2) is 24.4 Å². The van der Waals surface area contributed by atoms with E-state index in [-0.39, 0.29) is 11.8 Å². The molecule has 6 heteroatoms. The van der Waals surface area contributed by atoms with Gasteiger partial charge in [-0.15, -0.1) is 6.42 Å². The number of ether oxygens (including phenoxy) is 2. The van der Waals surface area contributed by atoms with E-state index in [2.05, 4.69) is 11.2 Å². The van der Waals surface area contributed by atoms with Crippen molar-refractivity contribution in [1.82, 2.24) is 5.32 Å². The Morgan fingerprint density at radius 2 is 2.14 bits per heavy atom. The Balaban J connectivity index is 2.27. The number of rotatable bonds is 5. The van der Waals surface area contributed by atoms with E-state index in [1.54, 1.807) is 24.3 Å². The largest absolute Gasteiger partial charge is 0.490 e.